The summed E-state index contributed by atoms with van der Waals surface area (Å²) in [6.45, 7) is 12.7. The van der Waals surface area contributed by atoms with Crippen molar-refractivity contribution in [3.63, 3.8) is 0 Å². The molecule has 1 saturated heterocycles. The SMILES string of the molecule is BC(C)(C)N1CCN(c2cc(C=C)ccn2)CC1. The molecule has 0 amide bonds. The smallest absolute Gasteiger partial charge is 0.129 e. The highest BCUT2D eigenvalue weighted by molar-refractivity contribution is 6.14. The molecule has 0 N–H and O–H groups in total. The van der Waals surface area contributed by atoms with Gasteiger partial charge in [0.15, 0.2) is 0 Å². The summed E-state index contributed by atoms with van der Waals surface area (Å²) in [7, 11) is 2.28. The molecule has 1 fully saturated rings. The van der Waals surface area contributed by atoms with Crippen molar-refractivity contribution in [3.05, 3.63) is 30.5 Å². The highest BCUT2D eigenvalue weighted by Crippen LogP contribution is 2.18. The molecule has 0 atom stereocenters. The van der Waals surface area contributed by atoms with E-state index < -0.39 is 0 Å². The van der Waals surface area contributed by atoms with Gasteiger partial charge in [-0.05, 0) is 23.1 Å². The van der Waals surface area contributed by atoms with Gasteiger partial charge >= 0.3 is 0 Å². The molecule has 0 bridgehead atoms. The minimum absolute atomic E-state index is 0.266. The predicted molar refractivity (Wildman–Crippen MR) is 80.7 cm³/mol. The molecule has 0 aliphatic carbocycles. The molecule has 18 heavy (non-hydrogen) atoms. The van der Waals surface area contributed by atoms with Crippen molar-refractivity contribution < 1.29 is 0 Å². The van der Waals surface area contributed by atoms with Crippen molar-refractivity contribution in [1.29, 1.82) is 0 Å². The van der Waals surface area contributed by atoms with Crippen LogP contribution in [0.5, 0.6) is 0 Å². The van der Waals surface area contributed by atoms with Gasteiger partial charge in [0.05, 0.1) is 0 Å². The van der Waals surface area contributed by atoms with E-state index in [1.165, 1.54) is 0 Å². The highest BCUT2D eigenvalue weighted by Gasteiger charge is 2.26. The van der Waals surface area contributed by atoms with E-state index in [1.807, 2.05) is 18.3 Å². The third-order valence-corrected chi connectivity index (χ3v) is 3.56. The van der Waals surface area contributed by atoms with Gasteiger partial charge in [0.2, 0.25) is 0 Å². The summed E-state index contributed by atoms with van der Waals surface area (Å²) in [6.07, 6.45) is 3.74. The van der Waals surface area contributed by atoms with Gasteiger partial charge in [-0.3, -0.25) is 0 Å². The Kier molecular flexibility index (Phi) is 3.76. The number of anilines is 1. The zero-order valence-electron chi connectivity index (χ0n) is 11.7. The Morgan fingerprint density at radius 3 is 2.56 bits per heavy atom. The van der Waals surface area contributed by atoms with Gasteiger partial charge in [0.25, 0.3) is 0 Å². The maximum atomic E-state index is 4.46. The van der Waals surface area contributed by atoms with Crippen LogP contribution in [0.1, 0.15) is 19.4 Å². The van der Waals surface area contributed by atoms with E-state index in [0.29, 0.717) is 0 Å². The lowest BCUT2D eigenvalue weighted by Gasteiger charge is -2.42. The van der Waals surface area contributed by atoms with Crippen LogP contribution in [-0.4, -0.2) is 49.3 Å². The first-order chi connectivity index (χ1) is 8.50. The van der Waals surface area contributed by atoms with Gasteiger partial charge in [-0.15, -0.1) is 0 Å². The number of hydrogen-bond donors (Lipinski definition) is 0. The van der Waals surface area contributed by atoms with E-state index >= 15 is 0 Å². The summed E-state index contributed by atoms with van der Waals surface area (Å²) in [5, 5.41) is 0. The molecule has 0 unspecified atom stereocenters. The lowest BCUT2D eigenvalue weighted by atomic mass is 9.79. The van der Waals surface area contributed by atoms with Crippen molar-refractivity contribution in [2.45, 2.75) is 19.3 Å². The minimum atomic E-state index is 0.266. The average molecular weight is 243 g/mol. The van der Waals surface area contributed by atoms with Gasteiger partial charge < -0.3 is 9.80 Å². The fourth-order valence-electron chi connectivity index (χ4n) is 2.34. The van der Waals surface area contributed by atoms with Crippen molar-refractivity contribution in [2.24, 2.45) is 0 Å². The van der Waals surface area contributed by atoms with E-state index in [4.69, 9.17) is 0 Å². The molecule has 1 aliphatic heterocycles. The van der Waals surface area contributed by atoms with Crippen molar-refractivity contribution in [1.82, 2.24) is 9.88 Å². The number of nitrogens with zero attached hydrogens (tertiary/aromatic N) is 3. The normalized spacial score (nSPS) is 17.8. The van der Waals surface area contributed by atoms with E-state index in [1.54, 1.807) is 0 Å². The summed E-state index contributed by atoms with van der Waals surface area (Å²) in [6, 6.07) is 4.10. The monoisotopic (exact) mass is 243 g/mol. The molecule has 1 aromatic heterocycles. The van der Waals surface area contributed by atoms with Crippen LogP contribution in [0.3, 0.4) is 0 Å². The van der Waals surface area contributed by atoms with Crippen LogP contribution in [0.15, 0.2) is 24.9 Å². The summed E-state index contributed by atoms with van der Waals surface area (Å²) in [4.78, 5) is 9.34. The third-order valence-electron chi connectivity index (χ3n) is 3.56. The van der Waals surface area contributed by atoms with Crippen LogP contribution in [0, 0.1) is 0 Å². The maximum absolute atomic E-state index is 4.46. The molecule has 96 valence electrons. The van der Waals surface area contributed by atoms with Crippen molar-refractivity contribution in [2.75, 3.05) is 31.1 Å². The first-order valence-electron chi connectivity index (χ1n) is 6.59. The first kappa shape index (κ1) is 13.2. The van der Waals surface area contributed by atoms with Crippen molar-refractivity contribution >= 4 is 19.7 Å². The number of piperazine rings is 1. The van der Waals surface area contributed by atoms with Crippen LogP contribution in [0.25, 0.3) is 6.08 Å². The zero-order valence-corrected chi connectivity index (χ0v) is 11.7. The molecule has 0 aromatic carbocycles. The van der Waals surface area contributed by atoms with E-state index in [0.717, 1.165) is 37.6 Å². The van der Waals surface area contributed by atoms with E-state index in [2.05, 4.69) is 49.1 Å². The zero-order chi connectivity index (χ0) is 13.2. The fourth-order valence-corrected chi connectivity index (χ4v) is 2.34. The molecule has 4 heteroatoms. The predicted octanol–water partition coefficient (Wildman–Crippen LogP) is 1.22. The molecule has 2 heterocycles. The third kappa shape index (κ3) is 2.93. The van der Waals surface area contributed by atoms with E-state index in [9.17, 15) is 0 Å². The molecule has 0 saturated carbocycles. The Hall–Kier alpha value is -1.29. The van der Waals surface area contributed by atoms with Crippen LogP contribution < -0.4 is 4.90 Å². The lowest BCUT2D eigenvalue weighted by molar-refractivity contribution is 0.178. The molecule has 0 spiro atoms. The second-order valence-electron chi connectivity index (χ2n) is 5.80. The average Bonchev–Trinajstić information content (AvgIpc) is 2.38. The van der Waals surface area contributed by atoms with Gasteiger partial charge in [-0.1, -0.05) is 26.5 Å². The fraction of sp³-hybridized carbons (Fsp3) is 0.500. The van der Waals surface area contributed by atoms with Gasteiger partial charge in [0, 0.05) is 32.4 Å². The molecular formula is C14H22BN3. The first-order valence-corrected chi connectivity index (χ1v) is 6.59. The summed E-state index contributed by atoms with van der Waals surface area (Å²) < 4.78 is 0. The number of rotatable bonds is 3. The van der Waals surface area contributed by atoms with Gasteiger partial charge in [-0.2, -0.15) is 0 Å². The second-order valence-corrected chi connectivity index (χ2v) is 5.80. The molecule has 0 radical (unpaired) electrons. The summed E-state index contributed by atoms with van der Waals surface area (Å²) in [5.74, 6) is 1.07. The van der Waals surface area contributed by atoms with Crippen LogP contribution >= 0.6 is 0 Å². The molecule has 1 aromatic rings. The maximum Gasteiger partial charge on any atom is 0.129 e. The number of hydrogen-bond acceptors (Lipinski definition) is 3. The lowest BCUT2D eigenvalue weighted by Crippen LogP contribution is -2.55. The molecule has 1 aliphatic rings. The highest BCUT2D eigenvalue weighted by atomic mass is 15.3. The van der Waals surface area contributed by atoms with Crippen LogP contribution in [0.4, 0.5) is 5.82 Å². The standard InChI is InChI=1S/C14H22BN3/c1-4-12-5-6-16-13(11-12)17-7-9-18(10-8-17)14(2,3)15/h4-6,11H,1,7-10,15H2,2-3H3. The quantitative estimate of drug-likeness (QED) is 0.744. The summed E-state index contributed by atoms with van der Waals surface area (Å²) in [5.41, 5.74) is 1.40. The molecule has 3 nitrogen and oxygen atoms in total. The van der Waals surface area contributed by atoms with Crippen LogP contribution in [0.2, 0.25) is 0 Å². The van der Waals surface area contributed by atoms with Crippen molar-refractivity contribution in [3.8, 4) is 0 Å². The Morgan fingerprint density at radius 2 is 2.00 bits per heavy atom. The Labute approximate surface area is 111 Å². The Morgan fingerprint density at radius 1 is 1.33 bits per heavy atom. The number of aromatic nitrogens is 1. The van der Waals surface area contributed by atoms with Gasteiger partial charge in [0.1, 0.15) is 13.7 Å². The number of pyridine rings is 1. The van der Waals surface area contributed by atoms with Gasteiger partial charge in [-0.25, -0.2) is 4.98 Å². The van der Waals surface area contributed by atoms with Crippen LogP contribution in [-0.2, 0) is 0 Å². The summed E-state index contributed by atoms with van der Waals surface area (Å²) >= 11 is 0. The largest absolute Gasteiger partial charge is 0.354 e. The molecular weight excluding hydrogens is 221 g/mol. The minimum Gasteiger partial charge on any atom is -0.354 e. The molecule has 2 rings (SSSR count). The Balaban J connectivity index is 2.03. The Bertz CT molecular complexity index is 417. The van der Waals surface area contributed by atoms with E-state index in [-0.39, 0.29) is 5.44 Å². The second kappa shape index (κ2) is 5.15. The topological polar surface area (TPSA) is 19.4 Å².